The predicted octanol–water partition coefficient (Wildman–Crippen LogP) is 5.16. The van der Waals surface area contributed by atoms with Crippen LogP contribution in [0.5, 0.6) is 0 Å². The van der Waals surface area contributed by atoms with Gasteiger partial charge in [-0.2, -0.15) is 0 Å². The summed E-state index contributed by atoms with van der Waals surface area (Å²) in [6.07, 6.45) is -3.43. The third kappa shape index (κ3) is 8.91. The minimum absolute atomic E-state index is 0.00819. The standard InChI is InChI=1S/C29H41NO6Si/c1-20(30-26(23-15-11-9-12-16-23)24-17-13-10-14-18-24)27(33)28(36-22(3)32)25(35-21(2)31)19-34-37(7,8)29(4,5)6/h9-18,20,25,27-28,33H,19H2,1-8H3/t20-,25+,27+,28-/m0/s1. The number of carbonyl (C=O) groups excluding carboxylic acids is 2. The number of esters is 2. The van der Waals surface area contributed by atoms with Gasteiger partial charge < -0.3 is 19.0 Å². The van der Waals surface area contributed by atoms with Crippen LogP contribution in [0.4, 0.5) is 0 Å². The normalized spacial score (nSPS) is 15.2. The van der Waals surface area contributed by atoms with Gasteiger partial charge in [-0.05, 0) is 25.1 Å². The second kappa shape index (κ2) is 13.1. The fraction of sp³-hybridized carbons (Fsp3) is 0.483. The van der Waals surface area contributed by atoms with Crippen LogP contribution in [0.15, 0.2) is 65.7 Å². The van der Waals surface area contributed by atoms with Gasteiger partial charge in [-0.1, -0.05) is 81.4 Å². The summed E-state index contributed by atoms with van der Waals surface area (Å²) in [5.74, 6) is -1.16. The summed E-state index contributed by atoms with van der Waals surface area (Å²) < 4.78 is 17.4. The van der Waals surface area contributed by atoms with Gasteiger partial charge in [0, 0.05) is 25.0 Å². The number of aliphatic imine (C=N–C) groups is 1. The quantitative estimate of drug-likeness (QED) is 0.246. The molecule has 4 atom stereocenters. The van der Waals surface area contributed by atoms with Crippen LogP contribution < -0.4 is 0 Å². The molecular weight excluding hydrogens is 486 g/mol. The van der Waals surface area contributed by atoms with Crippen LogP contribution in [0.2, 0.25) is 18.1 Å². The summed E-state index contributed by atoms with van der Waals surface area (Å²) in [7, 11) is -2.22. The third-order valence-corrected chi connectivity index (χ3v) is 11.2. The Morgan fingerprint density at radius 2 is 1.35 bits per heavy atom. The van der Waals surface area contributed by atoms with Crippen molar-refractivity contribution in [1.82, 2.24) is 0 Å². The molecule has 0 unspecified atom stereocenters. The van der Waals surface area contributed by atoms with E-state index in [1.165, 1.54) is 13.8 Å². The molecule has 37 heavy (non-hydrogen) atoms. The first kappa shape index (κ1) is 30.4. The zero-order valence-corrected chi connectivity index (χ0v) is 24.2. The molecule has 0 saturated carbocycles. The average molecular weight is 528 g/mol. The van der Waals surface area contributed by atoms with Crippen LogP contribution in [-0.4, -0.2) is 62.0 Å². The maximum atomic E-state index is 12.1. The van der Waals surface area contributed by atoms with Crippen molar-refractivity contribution in [3.8, 4) is 0 Å². The number of aliphatic hydroxyl groups excluding tert-OH is 1. The van der Waals surface area contributed by atoms with Crippen molar-refractivity contribution in [2.45, 2.75) is 84.0 Å². The first-order valence-electron chi connectivity index (χ1n) is 12.6. The Labute approximate surface area is 222 Å². The van der Waals surface area contributed by atoms with E-state index in [1.54, 1.807) is 6.92 Å². The lowest BCUT2D eigenvalue weighted by molar-refractivity contribution is -0.178. The number of nitrogens with zero attached hydrogens (tertiary/aromatic N) is 1. The summed E-state index contributed by atoms with van der Waals surface area (Å²) in [6.45, 7) is 14.7. The highest BCUT2D eigenvalue weighted by molar-refractivity contribution is 6.74. The van der Waals surface area contributed by atoms with Gasteiger partial charge in [0.05, 0.1) is 18.4 Å². The third-order valence-electron chi connectivity index (χ3n) is 6.66. The summed E-state index contributed by atoms with van der Waals surface area (Å²) in [4.78, 5) is 28.9. The summed E-state index contributed by atoms with van der Waals surface area (Å²) in [5, 5.41) is 11.3. The van der Waals surface area contributed by atoms with Gasteiger partial charge in [0.15, 0.2) is 20.5 Å². The van der Waals surface area contributed by atoms with Crippen molar-refractivity contribution in [3.05, 3.63) is 71.8 Å². The maximum absolute atomic E-state index is 12.1. The molecule has 0 aromatic heterocycles. The van der Waals surface area contributed by atoms with Crippen LogP contribution in [0.3, 0.4) is 0 Å². The Hall–Kier alpha value is -2.81. The minimum Gasteiger partial charge on any atom is -0.456 e. The number of hydrogen-bond acceptors (Lipinski definition) is 7. The zero-order chi connectivity index (χ0) is 27.8. The number of ether oxygens (including phenoxy) is 2. The zero-order valence-electron chi connectivity index (χ0n) is 23.2. The molecule has 2 rings (SSSR count). The fourth-order valence-electron chi connectivity index (χ4n) is 3.54. The molecule has 1 N–H and O–H groups in total. The topological polar surface area (TPSA) is 94.4 Å². The Balaban J connectivity index is 2.44. The molecule has 0 fully saturated rings. The lowest BCUT2D eigenvalue weighted by Crippen LogP contribution is -2.51. The van der Waals surface area contributed by atoms with Crippen LogP contribution in [0, 0.1) is 0 Å². The van der Waals surface area contributed by atoms with Gasteiger partial charge in [0.25, 0.3) is 0 Å². The van der Waals surface area contributed by atoms with E-state index >= 15 is 0 Å². The largest absolute Gasteiger partial charge is 0.456 e. The highest BCUT2D eigenvalue weighted by Crippen LogP contribution is 2.37. The molecule has 202 valence electrons. The van der Waals surface area contributed by atoms with Gasteiger partial charge in [0.2, 0.25) is 0 Å². The second-order valence-electron chi connectivity index (χ2n) is 10.7. The lowest BCUT2D eigenvalue weighted by Gasteiger charge is -2.38. The fourth-order valence-corrected chi connectivity index (χ4v) is 4.55. The molecule has 0 bridgehead atoms. The highest BCUT2D eigenvalue weighted by Gasteiger charge is 2.42. The van der Waals surface area contributed by atoms with E-state index in [1.807, 2.05) is 60.7 Å². The Morgan fingerprint density at radius 3 is 1.76 bits per heavy atom. The Bertz CT molecular complexity index is 1010. The highest BCUT2D eigenvalue weighted by atomic mass is 28.4. The van der Waals surface area contributed by atoms with Crippen molar-refractivity contribution in [2.75, 3.05) is 6.61 Å². The second-order valence-corrected chi connectivity index (χ2v) is 15.5. The summed E-state index contributed by atoms with van der Waals surface area (Å²) in [5.41, 5.74) is 2.46. The first-order chi connectivity index (χ1) is 17.2. The van der Waals surface area contributed by atoms with Crippen molar-refractivity contribution in [3.63, 3.8) is 0 Å². The Kier molecular flexibility index (Phi) is 10.8. The molecule has 2 aromatic rings. The smallest absolute Gasteiger partial charge is 0.303 e. The first-order valence-corrected chi connectivity index (χ1v) is 15.5. The van der Waals surface area contributed by atoms with Gasteiger partial charge in [-0.15, -0.1) is 0 Å². The summed E-state index contributed by atoms with van der Waals surface area (Å²) >= 11 is 0. The minimum atomic E-state index is -2.22. The number of hydrogen-bond donors (Lipinski definition) is 1. The molecule has 0 aliphatic rings. The van der Waals surface area contributed by atoms with E-state index in [-0.39, 0.29) is 11.6 Å². The van der Waals surface area contributed by atoms with Gasteiger partial charge >= 0.3 is 11.9 Å². The number of aliphatic hydroxyl groups is 1. The predicted molar refractivity (Wildman–Crippen MR) is 148 cm³/mol. The molecule has 0 saturated heterocycles. The lowest BCUT2D eigenvalue weighted by atomic mass is 9.99. The van der Waals surface area contributed by atoms with Gasteiger partial charge in [-0.25, -0.2) is 0 Å². The molecule has 8 heteroatoms. The molecular formula is C29H41NO6Si. The maximum Gasteiger partial charge on any atom is 0.303 e. The van der Waals surface area contributed by atoms with Gasteiger partial charge in [-0.3, -0.25) is 14.6 Å². The number of rotatable bonds is 11. The molecule has 7 nitrogen and oxygen atoms in total. The van der Waals surface area contributed by atoms with E-state index in [9.17, 15) is 14.7 Å². The van der Waals surface area contributed by atoms with Gasteiger partial charge in [0.1, 0.15) is 6.10 Å². The molecule has 0 aliphatic heterocycles. The molecule has 0 heterocycles. The number of carbonyl (C=O) groups is 2. The van der Waals surface area contributed by atoms with E-state index in [0.717, 1.165) is 11.1 Å². The Morgan fingerprint density at radius 1 is 0.892 bits per heavy atom. The van der Waals surface area contributed by atoms with Crippen molar-refractivity contribution < 1.29 is 28.6 Å². The van der Waals surface area contributed by atoms with E-state index < -0.39 is 44.6 Å². The monoisotopic (exact) mass is 527 g/mol. The molecule has 0 radical (unpaired) electrons. The average Bonchev–Trinajstić information content (AvgIpc) is 2.83. The molecule has 0 aliphatic carbocycles. The van der Waals surface area contributed by atoms with Crippen LogP contribution in [-0.2, 0) is 23.5 Å². The van der Waals surface area contributed by atoms with E-state index in [2.05, 4.69) is 33.9 Å². The molecule has 0 spiro atoms. The van der Waals surface area contributed by atoms with Crippen molar-refractivity contribution >= 4 is 26.0 Å². The number of benzene rings is 2. The van der Waals surface area contributed by atoms with E-state index in [0.29, 0.717) is 5.71 Å². The van der Waals surface area contributed by atoms with E-state index in [4.69, 9.17) is 18.9 Å². The molecule has 0 amide bonds. The van der Waals surface area contributed by atoms with Crippen LogP contribution in [0.1, 0.15) is 52.7 Å². The van der Waals surface area contributed by atoms with Crippen molar-refractivity contribution in [2.24, 2.45) is 4.99 Å². The SMILES string of the molecule is CC(=O)O[C@H]([C@H](O)[C@H](C)N=C(c1ccccc1)c1ccccc1)[C@@H](CO[Si](C)(C)C(C)(C)C)OC(C)=O. The van der Waals surface area contributed by atoms with Crippen molar-refractivity contribution in [1.29, 1.82) is 0 Å². The molecule has 2 aromatic carbocycles. The summed E-state index contributed by atoms with van der Waals surface area (Å²) in [6, 6.07) is 18.6. The van der Waals surface area contributed by atoms with Crippen LogP contribution in [0.25, 0.3) is 0 Å². The van der Waals surface area contributed by atoms with Crippen LogP contribution >= 0.6 is 0 Å².